The molecule has 0 unspecified atom stereocenters. The number of amides is 3. The standard InChI is InChI=1S/C18H19Cl2N7O3/c1-26(2)17(28)11-6-10(7-14(19)23-11)22-18(29)24-12-9-21-16-8-15(20)25-27(16)13(12)4-5-30-3/h6-9H,4-5H2,1-3H3,(H2,22,23,24,29). The largest absolute Gasteiger partial charge is 0.384 e. The van der Waals surface area contributed by atoms with E-state index in [0.717, 1.165) is 0 Å². The van der Waals surface area contributed by atoms with Crippen molar-refractivity contribution in [1.29, 1.82) is 0 Å². The Bertz CT molecular complexity index is 1100. The quantitative estimate of drug-likeness (QED) is 0.556. The van der Waals surface area contributed by atoms with E-state index in [1.54, 1.807) is 31.8 Å². The van der Waals surface area contributed by atoms with Crippen LogP contribution < -0.4 is 10.6 Å². The zero-order chi connectivity index (χ0) is 21.8. The van der Waals surface area contributed by atoms with E-state index in [2.05, 4.69) is 25.7 Å². The number of ether oxygens (including phenoxy) is 1. The van der Waals surface area contributed by atoms with Crippen molar-refractivity contribution in [1.82, 2.24) is 24.5 Å². The van der Waals surface area contributed by atoms with E-state index in [1.165, 1.54) is 23.2 Å². The van der Waals surface area contributed by atoms with Gasteiger partial charge in [0.1, 0.15) is 10.8 Å². The summed E-state index contributed by atoms with van der Waals surface area (Å²) < 4.78 is 6.69. The molecular weight excluding hydrogens is 433 g/mol. The molecule has 0 spiro atoms. The molecule has 0 aromatic carbocycles. The smallest absolute Gasteiger partial charge is 0.323 e. The topological polar surface area (TPSA) is 114 Å². The third-order valence-corrected chi connectivity index (χ3v) is 4.40. The summed E-state index contributed by atoms with van der Waals surface area (Å²) in [5.41, 5.74) is 2.07. The van der Waals surface area contributed by atoms with Crippen molar-refractivity contribution >= 4 is 52.2 Å². The highest BCUT2D eigenvalue weighted by molar-refractivity contribution is 6.30. The molecule has 0 radical (unpaired) electrons. The van der Waals surface area contributed by atoms with E-state index in [-0.39, 0.29) is 21.9 Å². The molecule has 0 saturated heterocycles. The molecule has 158 valence electrons. The number of hydrogen-bond acceptors (Lipinski definition) is 6. The Kier molecular flexibility index (Phi) is 6.70. The van der Waals surface area contributed by atoms with Crippen LogP contribution in [0.2, 0.25) is 10.3 Å². The van der Waals surface area contributed by atoms with E-state index in [1.807, 2.05) is 0 Å². The van der Waals surface area contributed by atoms with Gasteiger partial charge in [-0.05, 0) is 12.1 Å². The lowest BCUT2D eigenvalue weighted by Gasteiger charge is -2.14. The lowest BCUT2D eigenvalue weighted by Crippen LogP contribution is -2.24. The number of pyridine rings is 1. The summed E-state index contributed by atoms with van der Waals surface area (Å²) in [7, 11) is 4.77. The maximum atomic E-state index is 12.6. The SMILES string of the molecule is COCCc1c(NC(=O)Nc2cc(Cl)nc(C(=O)N(C)C)c2)cnc2cc(Cl)nn12. The average molecular weight is 452 g/mol. The first-order valence-electron chi connectivity index (χ1n) is 8.78. The highest BCUT2D eigenvalue weighted by Gasteiger charge is 2.16. The fourth-order valence-electron chi connectivity index (χ4n) is 2.69. The number of fused-ring (bicyclic) bond motifs is 1. The summed E-state index contributed by atoms with van der Waals surface area (Å²) in [4.78, 5) is 34.3. The van der Waals surface area contributed by atoms with E-state index < -0.39 is 6.03 Å². The Hall–Kier alpha value is -2.95. The molecular formula is C18H19Cl2N7O3. The minimum atomic E-state index is -0.557. The maximum absolute atomic E-state index is 12.6. The highest BCUT2D eigenvalue weighted by Crippen LogP contribution is 2.21. The van der Waals surface area contributed by atoms with Crippen LogP contribution in [0.25, 0.3) is 5.65 Å². The minimum Gasteiger partial charge on any atom is -0.384 e. The van der Waals surface area contributed by atoms with E-state index in [0.29, 0.717) is 35.7 Å². The molecule has 0 aliphatic carbocycles. The molecule has 30 heavy (non-hydrogen) atoms. The number of nitrogens with one attached hydrogen (secondary N) is 2. The first-order valence-corrected chi connectivity index (χ1v) is 9.53. The maximum Gasteiger partial charge on any atom is 0.323 e. The Balaban J connectivity index is 1.84. The van der Waals surface area contributed by atoms with E-state index in [4.69, 9.17) is 27.9 Å². The second-order valence-corrected chi connectivity index (χ2v) is 7.22. The van der Waals surface area contributed by atoms with Gasteiger partial charge < -0.3 is 20.3 Å². The lowest BCUT2D eigenvalue weighted by molar-refractivity contribution is 0.0822. The van der Waals surface area contributed by atoms with Crippen molar-refractivity contribution in [2.75, 3.05) is 38.4 Å². The van der Waals surface area contributed by atoms with Crippen molar-refractivity contribution in [2.45, 2.75) is 6.42 Å². The van der Waals surface area contributed by atoms with Crippen LogP contribution in [0.3, 0.4) is 0 Å². The summed E-state index contributed by atoms with van der Waals surface area (Å²) >= 11 is 12.0. The monoisotopic (exact) mass is 451 g/mol. The molecule has 3 rings (SSSR count). The number of urea groups is 1. The minimum absolute atomic E-state index is 0.0769. The molecule has 3 aromatic heterocycles. The molecule has 0 aliphatic heterocycles. The van der Waals surface area contributed by atoms with Gasteiger partial charge in [0.15, 0.2) is 10.8 Å². The molecule has 0 saturated carbocycles. The van der Waals surface area contributed by atoms with Crippen LogP contribution in [0.5, 0.6) is 0 Å². The normalized spacial score (nSPS) is 10.8. The highest BCUT2D eigenvalue weighted by atomic mass is 35.5. The predicted molar refractivity (Wildman–Crippen MR) is 113 cm³/mol. The summed E-state index contributed by atoms with van der Waals surface area (Å²) in [6, 6.07) is 3.94. The Morgan fingerprint density at radius 1 is 1.17 bits per heavy atom. The van der Waals surface area contributed by atoms with E-state index >= 15 is 0 Å². The molecule has 0 bridgehead atoms. The zero-order valence-electron chi connectivity index (χ0n) is 16.4. The number of aromatic nitrogens is 4. The summed E-state index contributed by atoms with van der Waals surface area (Å²) in [6.45, 7) is 0.406. The van der Waals surface area contributed by atoms with Crippen LogP contribution in [0.4, 0.5) is 16.2 Å². The lowest BCUT2D eigenvalue weighted by atomic mass is 10.2. The van der Waals surface area contributed by atoms with Gasteiger partial charge in [0.05, 0.1) is 24.2 Å². The van der Waals surface area contributed by atoms with Crippen LogP contribution >= 0.6 is 23.2 Å². The Morgan fingerprint density at radius 3 is 2.63 bits per heavy atom. The third kappa shape index (κ3) is 4.96. The molecule has 2 N–H and O–H groups in total. The molecule has 12 heteroatoms. The van der Waals surface area contributed by atoms with Gasteiger partial charge in [-0.3, -0.25) is 4.79 Å². The number of hydrogen-bond donors (Lipinski definition) is 2. The molecule has 3 heterocycles. The van der Waals surface area contributed by atoms with Gasteiger partial charge in [-0.25, -0.2) is 19.3 Å². The average Bonchev–Trinajstić information content (AvgIpc) is 3.06. The Morgan fingerprint density at radius 2 is 1.93 bits per heavy atom. The number of carbonyl (C=O) groups excluding carboxylic acids is 2. The van der Waals surface area contributed by atoms with Gasteiger partial charge in [0.25, 0.3) is 5.91 Å². The number of nitrogens with zero attached hydrogens (tertiary/aromatic N) is 5. The van der Waals surface area contributed by atoms with Crippen molar-refractivity contribution < 1.29 is 14.3 Å². The van der Waals surface area contributed by atoms with Crippen LogP contribution in [0.1, 0.15) is 16.2 Å². The zero-order valence-corrected chi connectivity index (χ0v) is 18.0. The van der Waals surface area contributed by atoms with Crippen LogP contribution in [0, 0.1) is 0 Å². The van der Waals surface area contributed by atoms with Gasteiger partial charge in [-0.2, -0.15) is 5.10 Å². The van der Waals surface area contributed by atoms with E-state index in [9.17, 15) is 9.59 Å². The number of methoxy groups -OCH3 is 1. The summed E-state index contributed by atoms with van der Waals surface area (Å²) in [5, 5.41) is 9.93. The van der Waals surface area contributed by atoms with Crippen LogP contribution in [-0.2, 0) is 11.2 Å². The van der Waals surface area contributed by atoms with Gasteiger partial charge in [-0.15, -0.1) is 0 Å². The second-order valence-electron chi connectivity index (χ2n) is 6.44. The Labute approximate surface area is 182 Å². The number of rotatable bonds is 6. The molecule has 0 atom stereocenters. The number of carbonyl (C=O) groups is 2. The molecule has 3 amide bonds. The summed E-state index contributed by atoms with van der Waals surface area (Å²) in [6.07, 6.45) is 1.98. The van der Waals surface area contributed by atoms with Crippen LogP contribution in [-0.4, -0.2) is 64.2 Å². The second kappa shape index (κ2) is 9.24. The van der Waals surface area contributed by atoms with Gasteiger partial charge >= 0.3 is 6.03 Å². The first-order chi connectivity index (χ1) is 14.3. The van der Waals surface area contributed by atoms with Crippen molar-refractivity contribution in [2.24, 2.45) is 0 Å². The first kappa shape index (κ1) is 21.8. The predicted octanol–water partition coefficient (Wildman–Crippen LogP) is 2.97. The summed E-state index contributed by atoms with van der Waals surface area (Å²) in [5.74, 6) is -0.340. The van der Waals surface area contributed by atoms with Gasteiger partial charge in [0.2, 0.25) is 0 Å². The van der Waals surface area contributed by atoms with Crippen LogP contribution in [0.15, 0.2) is 24.4 Å². The molecule has 0 aliphatic rings. The molecule has 10 nitrogen and oxygen atoms in total. The number of halogens is 2. The number of anilines is 2. The molecule has 3 aromatic rings. The fraction of sp³-hybridized carbons (Fsp3) is 0.278. The third-order valence-electron chi connectivity index (χ3n) is 4.02. The van der Waals surface area contributed by atoms with Crippen molar-refractivity contribution in [3.8, 4) is 0 Å². The molecule has 0 fully saturated rings. The van der Waals surface area contributed by atoms with Crippen molar-refractivity contribution in [3.63, 3.8) is 0 Å². The van der Waals surface area contributed by atoms with Crippen molar-refractivity contribution in [3.05, 3.63) is 46.1 Å². The fourth-order valence-corrected chi connectivity index (χ4v) is 3.07. The van der Waals surface area contributed by atoms with Gasteiger partial charge in [0, 0.05) is 39.4 Å². The van der Waals surface area contributed by atoms with Gasteiger partial charge in [-0.1, -0.05) is 23.2 Å².